The maximum absolute atomic E-state index is 14.2. The molecule has 0 saturated heterocycles. The number of amides is 1. The van der Waals surface area contributed by atoms with Gasteiger partial charge in [0, 0.05) is 25.2 Å². The number of rotatable bonds is 6. The summed E-state index contributed by atoms with van der Waals surface area (Å²) in [6.07, 6.45) is 2.01. The summed E-state index contributed by atoms with van der Waals surface area (Å²) in [6.45, 7) is 3.89. The summed E-state index contributed by atoms with van der Waals surface area (Å²) in [5.41, 5.74) is -0.777. The van der Waals surface area contributed by atoms with Crippen molar-refractivity contribution in [3.63, 3.8) is 0 Å². The summed E-state index contributed by atoms with van der Waals surface area (Å²) >= 11 is 6.17. The van der Waals surface area contributed by atoms with E-state index in [9.17, 15) is 22.0 Å². The Balaban J connectivity index is 2.29. The molecule has 152 valence electrons. The van der Waals surface area contributed by atoms with E-state index in [0.29, 0.717) is 24.2 Å². The number of carbonyl (C=O) groups is 1. The molecule has 0 saturated carbocycles. The number of aromatic nitrogens is 1. The fourth-order valence-electron chi connectivity index (χ4n) is 2.10. The molecule has 2 aromatic rings. The molecular formula is C17H18ClF2N3O4S. The number of anilines is 1. The summed E-state index contributed by atoms with van der Waals surface area (Å²) < 4.78 is 57.4. The number of sulfonamides is 1. The molecule has 7 nitrogen and oxygen atoms in total. The first-order chi connectivity index (χ1) is 12.9. The fraction of sp³-hybridized carbons (Fsp3) is 0.294. The van der Waals surface area contributed by atoms with Crippen LogP contribution in [0.1, 0.15) is 24.2 Å². The van der Waals surface area contributed by atoms with E-state index in [1.54, 1.807) is 11.8 Å². The smallest absolute Gasteiger partial charge is 0.267 e. The number of hydrogen-bond acceptors (Lipinski definition) is 6. The molecule has 0 bridgehead atoms. The van der Waals surface area contributed by atoms with Crippen LogP contribution in [0.5, 0.6) is 11.5 Å². The summed E-state index contributed by atoms with van der Waals surface area (Å²) in [7, 11) is -2.13. The molecule has 0 atom stereocenters. The number of benzene rings is 1. The quantitative estimate of drug-likeness (QED) is 0.751. The van der Waals surface area contributed by atoms with Crippen molar-refractivity contribution in [1.82, 2.24) is 9.71 Å². The summed E-state index contributed by atoms with van der Waals surface area (Å²) in [6, 6.07) is 2.70. The third kappa shape index (κ3) is 5.29. The molecule has 1 amide bonds. The Morgan fingerprint density at radius 1 is 1.25 bits per heavy atom. The van der Waals surface area contributed by atoms with Gasteiger partial charge in [-0.2, -0.15) is 0 Å². The number of ether oxygens (including phenoxy) is 1. The topological polar surface area (TPSA) is 88.6 Å². The number of pyridine rings is 1. The first kappa shape index (κ1) is 21.8. The van der Waals surface area contributed by atoms with Crippen molar-refractivity contribution in [2.24, 2.45) is 0 Å². The zero-order valence-electron chi connectivity index (χ0n) is 15.5. The van der Waals surface area contributed by atoms with Gasteiger partial charge in [0.15, 0.2) is 11.6 Å². The van der Waals surface area contributed by atoms with Gasteiger partial charge >= 0.3 is 0 Å². The largest absolute Gasteiger partial charge is 0.452 e. The molecule has 0 fully saturated rings. The van der Waals surface area contributed by atoms with Crippen LogP contribution < -0.4 is 14.4 Å². The molecule has 28 heavy (non-hydrogen) atoms. The minimum atomic E-state index is -3.93. The van der Waals surface area contributed by atoms with E-state index >= 15 is 0 Å². The van der Waals surface area contributed by atoms with Gasteiger partial charge in [0.25, 0.3) is 5.91 Å². The van der Waals surface area contributed by atoms with Gasteiger partial charge in [0.2, 0.25) is 10.0 Å². The van der Waals surface area contributed by atoms with Crippen LogP contribution in [0, 0.1) is 11.6 Å². The highest BCUT2D eigenvalue weighted by Gasteiger charge is 2.20. The first-order valence-electron chi connectivity index (χ1n) is 7.96. The molecule has 0 aliphatic heterocycles. The van der Waals surface area contributed by atoms with E-state index in [0.717, 1.165) is 0 Å². The first-order valence-corrected chi connectivity index (χ1v) is 10.2. The molecule has 1 heterocycles. The van der Waals surface area contributed by atoms with Crippen molar-refractivity contribution in [2.75, 3.05) is 18.2 Å². The van der Waals surface area contributed by atoms with Gasteiger partial charge in [-0.1, -0.05) is 11.6 Å². The van der Waals surface area contributed by atoms with Gasteiger partial charge in [0.1, 0.15) is 17.4 Å². The Morgan fingerprint density at radius 3 is 2.43 bits per heavy atom. The van der Waals surface area contributed by atoms with Crippen LogP contribution in [0.2, 0.25) is 5.02 Å². The van der Waals surface area contributed by atoms with Gasteiger partial charge < -0.3 is 9.64 Å². The van der Waals surface area contributed by atoms with Gasteiger partial charge in [-0.05, 0) is 19.9 Å². The zero-order valence-corrected chi connectivity index (χ0v) is 17.0. The van der Waals surface area contributed by atoms with E-state index in [4.69, 9.17) is 16.3 Å². The van der Waals surface area contributed by atoms with Crippen LogP contribution in [-0.2, 0) is 10.0 Å². The molecule has 2 rings (SSSR count). The molecule has 0 spiro atoms. The van der Waals surface area contributed by atoms with Crippen molar-refractivity contribution >= 4 is 33.3 Å². The highest BCUT2D eigenvalue weighted by atomic mass is 35.5. The minimum absolute atomic E-state index is 0.0533. The van der Waals surface area contributed by atoms with Crippen LogP contribution in [0.3, 0.4) is 0 Å². The number of carbonyl (C=O) groups excluding carboxylic acids is 1. The highest BCUT2D eigenvalue weighted by Crippen LogP contribution is 2.32. The SMILES string of the molecule is CC(C)N(C)c1ncc(Oc2cc(F)c(C(=O)NS(C)(=O)=O)cc2F)cc1Cl. The van der Waals surface area contributed by atoms with Crippen LogP contribution >= 0.6 is 11.6 Å². The van der Waals surface area contributed by atoms with Gasteiger partial charge in [0.05, 0.1) is 23.0 Å². The van der Waals surface area contributed by atoms with Crippen molar-refractivity contribution in [1.29, 1.82) is 0 Å². The third-order valence-electron chi connectivity index (χ3n) is 3.68. The Labute approximate surface area is 166 Å². The van der Waals surface area contributed by atoms with Crippen molar-refractivity contribution < 1.29 is 26.7 Å². The minimum Gasteiger partial charge on any atom is -0.452 e. The molecule has 0 aliphatic carbocycles. The number of nitrogens with zero attached hydrogens (tertiary/aromatic N) is 2. The van der Waals surface area contributed by atoms with E-state index in [2.05, 4.69) is 4.98 Å². The second kappa shape index (κ2) is 8.27. The average Bonchev–Trinajstić information content (AvgIpc) is 2.55. The molecule has 0 unspecified atom stereocenters. The standard InChI is InChI=1S/C17H18ClF2N3O4S/c1-9(2)23(3)16-12(18)5-10(8-21-16)27-15-7-13(19)11(6-14(15)20)17(24)22-28(4,25)26/h5-9H,1-4H3,(H,22,24). The van der Waals surface area contributed by atoms with Crippen LogP contribution in [-0.4, -0.2) is 38.7 Å². The predicted octanol–water partition coefficient (Wildman–Crippen LogP) is 3.34. The van der Waals surface area contributed by atoms with Crippen molar-refractivity contribution in [2.45, 2.75) is 19.9 Å². The summed E-state index contributed by atoms with van der Waals surface area (Å²) in [5, 5.41) is 0.249. The van der Waals surface area contributed by atoms with Crippen molar-refractivity contribution in [3.05, 3.63) is 46.6 Å². The van der Waals surface area contributed by atoms with Crippen LogP contribution in [0.15, 0.2) is 24.4 Å². The Bertz CT molecular complexity index is 1020. The maximum atomic E-state index is 14.2. The lowest BCUT2D eigenvalue weighted by Crippen LogP contribution is -2.30. The lowest BCUT2D eigenvalue weighted by molar-refractivity contribution is 0.0977. The predicted molar refractivity (Wildman–Crippen MR) is 102 cm³/mol. The molecule has 0 radical (unpaired) electrons. The number of nitrogens with one attached hydrogen (secondary N) is 1. The maximum Gasteiger partial charge on any atom is 0.267 e. The normalized spacial score (nSPS) is 11.4. The molecule has 1 N–H and O–H groups in total. The molecule has 1 aromatic heterocycles. The lowest BCUT2D eigenvalue weighted by Gasteiger charge is -2.23. The fourth-order valence-corrected chi connectivity index (χ4v) is 2.84. The zero-order chi connectivity index (χ0) is 21.2. The van der Waals surface area contributed by atoms with Gasteiger partial charge in [-0.15, -0.1) is 0 Å². The summed E-state index contributed by atoms with van der Waals surface area (Å²) in [4.78, 5) is 17.7. The molecule has 1 aromatic carbocycles. The third-order valence-corrected chi connectivity index (χ3v) is 4.51. The van der Waals surface area contributed by atoms with Gasteiger partial charge in [-0.25, -0.2) is 26.9 Å². The van der Waals surface area contributed by atoms with E-state index in [1.807, 2.05) is 18.7 Å². The van der Waals surface area contributed by atoms with Crippen LogP contribution in [0.4, 0.5) is 14.6 Å². The summed E-state index contributed by atoms with van der Waals surface area (Å²) in [5.74, 6) is -3.50. The molecule has 11 heteroatoms. The van der Waals surface area contributed by atoms with E-state index in [1.165, 1.54) is 12.3 Å². The Kier molecular flexibility index (Phi) is 6.45. The van der Waals surface area contributed by atoms with Crippen molar-refractivity contribution in [3.8, 4) is 11.5 Å². The lowest BCUT2D eigenvalue weighted by atomic mass is 10.2. The Hall–Kier alpha value is -2.46. The number of hydrogen-bond donors (Lipinski definition) is 1. The molecule has 0 aliphatic rings. The van der Waals surface area contributed by atoms with E-state index < -0.39 is 38.9 Å². The number of halogens is 3. The highest BCUT2D eigenvalue weighted by molar-refractivity contribution is 7.89. The van der Waals surface area contributed by atoms with Gasteiger partial charge in [-0.3, -0.25) is 4.79 Å². The average molecular weight is 434 g/mol. The molecular weight excluding hydrogens is 416 g/mol. The van der Waals surface area contributed by atoms with E-state index in [-0.39, 0.29) is 16.8 Å². The Morgan fingerprint density at radius 2 is 1.89 bits per heavy atom. The second-order valence-corrected chi connectivity index (χ2v) is 8.40. The monoisotopic (exact) mass is 433 g/mol. The second-order valence-electron chi connectivity index (χ2n) is 6.25. The van der Waals surface area contributed by atoms with Crippen LogP contribution in [0.25, 0.3) is 0 Å².